The summed E-state index contributed by atoms with van der Waals surface area (Å²) in [7, 11) is 0. The van der Waals surface area contributed by atoms with Gasteiger partial charge in [-0.3, -0.25) is 10.1 Å². The summed E-state index contributed by atoms with van der Waals surface area (Å²) < 4.78 is 0. The van der Waals surface area contributed by atoms with E-state index in [4.69, 9.17) is 5.11 Å². The maximum absolute atomic E-state index is 11.3. The van der Waals surface area contributed by atoms with E-state index in [-0.39, 0.29) is 13.0 Å². The number of hydrogen-bond donors (Lipinski definition) is 3. The Morgan fingerprint density at radius 2 is 2.12 bits per heavy atom. The average molecular weight is 243 g/mol. The topological polar surface area (TPSA) is 91.3 Å². The van der Waals surface area contributed by atoms with Gasteiger partial charge in [0.05, 0.1) is 17.1 Å². The highest BCUT2D eigenvalue weighted by molar-refractivity contribution is 7.16. The molecule has 88 valence electrons. The number of amides is 2. The van der Waals surface area contributed by atoms with Gasteiger partial charge in [0.1, 0.15) is 5.00 Å². The third-order valence-corrected chi connectivity index (χ3v) is 2.74. The van der Waals surface area contributed by atoms with Gasteiger partial charge in [-0.25, -0.2) is 9.78 Å². The maximum Gasteiger partial charge on any atom is 0.319 e. The highest BCUT2D eigenvalue weighted by Gasteiger charge is 2.08. The fraction of sp³-hybridized carbons (Fsp3) is 0.444. The molecule has 3 N–H and O–H groups in total. The number of urea groups is 1. The van der Waals surface area contributed by atoms with Crippen molar-refractivity contribution in [3.63, 3.8) is 0 Å². The van der Waals surface area contributed by atoms with Crippen LogP contribution in [-0.2, 0) is 4.79 Å². The van der Waals surface area contributed by atoms with E-state index in [0.717, 1.165) is 10.7 Å². The molecule has 16 heavy (non-hydrogen) atoms. The van der Waals surface area contributed by atoms with Gasteiger partial charge in [0.25, 0.3) is 0 Å². The second-order valence-electron chi connectivity index (χ2n) is 3.17. The molecule has 0 spiro atoms. The summed E-state index contributed by atoms with van der Waals surface area (Å²) in [6, 6.07) is -0.409. The number of nitrogens with one attached hydrogen (secondary N) is 2. The van der Waals surface area contributed by atoms with E-state index in [1.807, 2.05) is 6.92 Å². The number of hydrogen-bond acceptors (Lipinski definition) is 4. The molecule has 0 aliphatic heterocycles. The number of rotatable bonds is 4. The lowest BCUT2D eigenvalue weighted by Crippen LogP contribution is -2.30. The lowest BCUT2D eigenvalue weighted by molar-refractivity contribution is -0.136. The molecule has 1 rings (SSSR count). The average Bonchev–Trinajstić information content (AvgIpc) is 2.44. The molecule has 0 bridgehead atoms. The van der Waals surface area contributed by atoms with Crippen LogP contribution in [-0.4, -0.2) is 28.6 Å². The van der Waals surface area contributed by atoms with Crippen molar-refractivity contribution in [1.82, 2.24) is 10.3 Å². The van der Waals surface area contributed by atoms with E-state index < -0.39 is 12.0 Å². The lowest BCUT2D eigenvalue weighted by atomic mass is 10.4. The van der Waals surface area contributed by atoms with Gasteiger partial charge in [0.15, 0.2) is 0 Å². The predicted octanol–water partition coefficient (Wildman–Crippen LogP) is 1.36. The van der Waals surface area contributed by atoms with Crippen molar-refractivity contribution in [1.29, 1.82) is 0 Å². The number of aliphatic carboxylic acids is 1. The van der Waals surface area contributed by atoms with E-state index in [2.05, 4.69) is 15.6 Å². The zero-order valence-electron chi connectivity index (χ0n) is 9.03. The Bertz CT molecular complexity index is 403. The van der Waals surface area contributed by atoms with Crippen LogP contribution in [0, 0.1) is 13.8 Å². The number of aromatic nitrogens is 1. The summed E-state index contributed by atoms with van der Waals surface area (Å²) in [5.41, 5.74) is 0.760. The number of carbonyl (C=O) groups is 2. The number of anilines is 1. The van der Waals surface area contributed by atoms with Gasteiger partial charge in [0.2, 0.25) is 0 Å². The van der Waals surface area contributed by atoms with Crippen LogP contribution in [0.2, 0.25) is 0 Å². The number of thiazole rings is 1. The molecule has 0 radical (unpaired) electrons. The van der Waals surface area contributed by atoms with E-state index in [1.165, 1.54) is 11.3 Å². The molecule has 1 aromatic heterocycles. The molecule has 0 unspecified atom stereocenters. The van der Waals surface area contributed by atoms with Crippen LogP contribution in [0.25, 0.3) is 0 Å². The second-order valence-corrected chi connectivity index (χ2v) is 4.38. The molecule has 1 aromatic rings. The molecule has 1 heterocycles. The molecule has 0 saturated carbocycles. The van der Waals surface area contributed by atoms with Gasteiger partial charge in [-0.05, 0) is 13.8 Å². The third-order valence-electron chi connectivity index (χ3n) is 1.76. The SMILES string of the molecule is Cc1nc(C)c(NC(=O)NCCC(=O)O)s1. The van der Waals surface area contributed by atoms with E-state index >= 15 is 0 Å². The van der Waals surface area contributed by atoms with E-state index in [0.29, 0.717) is 5.00 Å². The number of aryl methyl sites for hydroxylation is 2. The van der Waals surface area contributed by atoms with Crippen LogP contribution in [0.15, 0.2) is 0 Å². The quantitative estimate of drug-likeness (QED) is 0.744. The molecule has 0 aromatic carbocycles. The Kier molecular flexibility index (Phi) is 4.24. The smallest absolute Gasteiger partial charge is 0.319 e. The van der Waals surface area contributed by atoms with Gasteiger partial charge < -0.3 is 10.4 Å². The van der Waals surface area contributed by atoms with Gasteiger partial charge in [-0.2, -0.15) is 0 Å². The summed E-state index contributed by atoms with van der Waals surface area (Å²) in [6.45, 7) is 3.76. The van der Waals surface area contributed by atoms with Gasteiger partial charge >= 0.3 is 12.0 Å². The van der Waals surface area contributed by atoms with Gasteiger partial charge in [-0.1, -0.05) is 0 Å². The summed E-state index contributed by atoms with van der Waals surface area (Å²) >= 11 is 1.38. The van der Waals surface area contributed by atoms with Crippen molar-refractivity contribution in [3.05, 3.63) is 10.7 Å². The molecular formula is C9H13N3O3S. The van der Waals surface area contributed by atoms with Gasteiger partial charge in [-0.15, -0.1) is 11.3 Å². The molecule has 2 amide bonds. The Morgan fingerprint density at radius 3 is 2.62 bits per heavy atom. The largest absolute Gasteiger partial charge is 0.481 e. The normalized spacial score (nSPS) is 9.88. The van der Waals surface area contributed by atoms with Crippen LogP contribution in [0.3, 0.4) is 0 Å². The fourth-order valence-corrected chi connectivity index (χ4v) is 1.89. The van der Waals surface area contributed by atoms with Crippen molar-refractivity contribution < 1.29 is 14.7 Å². The molecular weight excluding hydrogens is 230 g/mol. The molecule has 0 atom stereocenters. The zero-order chi connectivity index (χ0) is 12.1. The molecule has 0 fully saturated rings. The lowest BCUT2D eigenvalue weighted by Gasteiger charge is -2.04. The van der Waals surface area contributed by atoms with Crippen molar-refractivity contribution >= 4 is 28.3 Å². The minimum Gasteiger partial charge on any atom is -0.481 e. The first-order chi connectivity index (χ1) is 7.49. The summed E-state index contributed by atoms with van der Waals surface area (Å²) in [5, 5.41) is 15.0. The second kappa shape index (κ2) is 5.45. The van der Waals surface area contributed by atoms with Crippen molar-refractivity contribution in [2.24, 2.45) is 0 Å². The van der Waals surface area contributed by atoms with Crippen LogP contribution in [0.4, 0.5) is 9.80 Å². The Morgan fingerprint density at radius 1 is 1.44 bits per heavy atom. The first-order valence-electron chi connectivity index (χ1n) is 4.69. The molecule has 0 aliphatic carbocycles. The Labute approximate surface area is 96.7 Å². The molecule has 0 saturated heterocycles. The predicted molar refractivity (Wildman–Crippen MR) is 60.9 cm³/mol. The van der Waals surface area contributed by atoms with Crippen molar-refractivity contribution in [3.8, 4) is 0 Å². The summed E-state index contributed by atoms with van der Waals surface area (Å²) in [4.78, 5) is 25.7. The molecule has 7 heteroatoms. The fourth-order valence-electron chi connectivity index (χ4n) is 1.08. The molecule has 6 nitrogen and oxygen atoms in total. The number of carboxylic acids is 1. The third kappa shape index (κ3) is 3.85. The highest BCUT2D eigenvalue weighted by Crippen LogP contribution is 2.22. The first-order valence-corrected chi connectivity index (χ1v) is 5.51. The van der Waals surface area contributed by atoms with Crippen LogP contribution in [0.5, 0.6) is 0 Å². The number of nitrogens with zero attached hydrogens (tertiary/aromatic N) is 1. The van der Waals surface area contributed by atoms with Crippen molar-refractivity contribution in [2.75, 3.05) is 11.9 Å². The zero-order valence-corrected chi connectivity index (χ0v) is 9.85. The standard InChI is InChI=1S/C9H13N3O3S/c1-5-8(16-6(2)11-5)12-9(15)10-4-3-7(13)14/h3-4H2,1-2H3,(H,13,14)(H2,10,12,15). The molecule has 0 aliphatic rings. The Balaban J connectivity index is 2.40. The first kappa shape index (κ1) is 12.4. The Hall–Kier alpha value is -1.63. The highest BCUT2D eigenvalue weighted by atomic mass is 32.1. The number of carbonyl (C=O) groups excluding carboxylic acids is 1. The minimum absolute atomic E-state index is 0.0892. The van der Waals surface area contributed by atoms with Gasteiger partial charge in [0, 0.05) is 6.54 Å². The minimum atomic E-state index is -0.940. The van der Waals surface area contributed by atoms with Crippen molar-refractivity contribution in [2.45, 2.75) is 20.3 Å². The van der Waals surface area contributed by atoms with E-state index in [1.54, 1.807) is 6.92 Å². The van der Waals surface area contributed by atoms with Crippen LogP contribution in [0.1, 0.15) is 17.1 Å². The summed E-state index contributed by atoms with van der Waals surface area (Å²) in [5.74, 6) is -0.940. The van der Waals surface area contributed by atoms with Crippen LogP contribution < -0.4 is 10.6 Å². The maximum atomic E-state index is 11.3. The summed E-state index contributed by atoms with van der Waals surface area (Å²) in [6.07, 6.45) is -0.0892. The number of carboxylic acid groups (broad SMARTS) is 1. The monoisotopic (exact) mass is 243 g/mol. The van der Waals surface area contributed by atoms with E-state index in [9.17, 15) is 9.59 Å². The van der Waals surface area contributed by atoms with Crippen LogP contribution >= 0.6 is 11.3 Å².